The number of hydrogen-bond donors (Lipinski definition) is 1. The number of halogens is 1. The zero-order chi connectivity index (χ0) is 15.9. The minimum Gasteiger partial charge on any atom is -0.497 e. The summed E-state index contributed by atoms with van der Waals surface area (Å²) in [6, 6.07) is 12.1. The van der Waals surface area contributed by atoms with E-state index in [-0.39, 0.29) is 0 Å². The number of benzene rings is 2. The highest BCUT2D eigenvalue weighted by Gasteiger charge is 2.12. The maximum Gasteiger partial charge on any atom is 0.275 e. The van der Waals surface area contributed by atoms with Gasteiger partial charge in [0.1, 0.15) is 11.5 Å². The van der Waals surface area contributed by atoms with E-state index < -0.39 is 5.91 Å². The van der Waals surface area contributed by atoms with E-state index in [1.54, 1.807) is 25.3 Å². The number of amides is 1. The highest BCUT2D eigenvalue weighted by molar-refractivity contribution is 6.31. The van der Waals surface area contributed by atoms with Crippen molar-refractivity contribution >= 4 is 23.7 Å². The van der Waals surface area contributed by atoms with Crippen LogP contribution in [0.3, 0.4) is 0 Å². The van der Waals surface area contributed by atoms with Crippen LogP contribution in [0.15, 0.2) is 47.6 Å². The van der Waals surface area contributed by atoms with Crippen LogP contribution in [0.25, 0.3) is 0 Å². The molecule has 22 heavy (non-hydrogen) atoms. The maximum atomic E-state index is 12.1. The summed E-state index contributed by atoms with van der Waals surface area (Å²) in [4.78, 5) is 12.1. The molecular formula is C16H15ClN2O3. The molecule has 0 bridgehead atoms. The summed E-state index contributed by atoms with van der Waals surface area (Å²) in [7, 11) is 3.07. The van der Waals surface area contributed by atoms with E-state index in [0.29, 0.717) is 22.1 Å². The molecule has 0 fully saturated rings. The summed E-state index contributed by atoms with van der Waals surface area (Å²) >= 11 is 5.89. The van der Waals surface area contributed by atoms with Crippen molar-refractivity contribution in [2.24, 2.45) is 5.10 Å². The van der Waals surface area contributed by atoms with Crippen molar-refractivity contribution in [3.63, 3.8) is 0 Å². The van der Waals surface area contributed by atoms with Gasteiger partial charge in [-0.05, 0) is 35.9 Å². The van der Waals surface area contributed by atoms with Crippen LogP contribution in [0.5, 0.6) is 11.5 Å². The summed E-state index contributed by atoms with van der Waals surface area (Å²) < 4.78 is 10.2. The zero-order valence-electron chi connectivity index (χ0n) is 12.2. The predicted octanol–water partition coefficient (Wildman–Crippen LogP) is 3.12. The van der Waals surface area contributed by atoms with Gasteiger partial charge in [0.2, 0.25) is 0 Å². The Labute approximate surface area is 133 Å². The van der Waals surface area contributed by atoms with Gasteiger partial charge in [-0.2, -0.15) is 5.10 Å². The van der Waals surface area contributed by atoms with Crippen LogP contribution in [-0.2, 0) is 0 Å². The zero-order valence-corrected chi connectivity index (χ0v) is 12.9. The molecular weight excluding hydrogens is 304 g/mol. The molecule has 0 aliphatic carbocycles. The van der Waals surface area contributed by atoms with Crippen molar-refractivity contribution in [1.29, 1.82) is 0 Å². The van der Waals surface area contributed by atoms with Crippen LogP contribution in [0.2, 0.25) is 5.02 Å². The van der Waals surface area contributed by atoms with E-state index in [4.69, 9.17) is 21.1 Å². The van der Waals surface area contributed by atoms with Gasteiger partial charge in [0, 0.05) is 5.02 Å². The highest BCUT2D eigenvalue weighted by Crippen LogP contribution is 2.22. The number of nitrogens with zero attached hydrogens (tertiary/aromatic N) is 1. The van der Waals surface area contributed by atoms with Gasteiger partial charge in [0.25, 0.3) is 5.91 Å². The summed E-state index contributed by atoms with van der Waals surface area (Å²) in [6.07, 6.45) is 1.53. The van der Waals surface area contributed by atoms with Crippen molar-refractivity contribution in [2.75, 3.05) is 14.2 Å². The first-order valence-electron chi connectivity index (χ1n) is 6.45. The Balaban J connectivity index is 2.09. The van der Waals surface area contributed by atoms with Gasteiger partial charge < -0.3 is 9.47 Å². The first-order valence-corrected chi connectivity index (χ1v) is 6.83. The molecule has 0 saturated heterocycles. The lowest BCUT2D eigenvalue weighted by Crippen LogP contribution is -2.18. The molecule has 0 radical (unpaired) electrons. The second kappa shape index (κ2) is 7.47. The van der Waals surface area contributed by atoms with Crippen molar-refractivity contribution in [2.45, 2.75) is 0 Å². The molecule has 1 amide bonds. The summed E-state index contributed by atoms with van der Waals surface area (Å²) in [5.41, 5.74) is 3.56. The molecule has 1 N–H and O–H groups in total. The van der Waals surface area contributed by atoms with E-state index in [2.05, 4.69) is 10.5 Å². The Hall–Kier alpha value is -2.53. The van der Waals surface area contributed by atoms with E-state index >= 15 is 0 Å². The number of carbonyl (C=O) groups excluding carboxylic acids is 1. The van der Waals surface area contributed by atoms with E-state index in [1.165, 1.54) is 19.4 Å². The van der Waals surface area contributed by atoms with Crippen LogP contribution in [0.4, 0.5) is 0 Å². The molecule has 114 valence electrons. The number of rotatable bonds is 5. The van der Waals surface area contributed by atoms with Gasteiger partial charge in [-0.15, -0.1) is 0 Å². The molecule has 6 heteroatoms. The molecule has 0 aromatic heterocycles. The standard InChI is InChI=1S/C16H15ClN2O3/c1-21-13-5-3-4-11(8-13)10-18-19-16(20)14-9-12(17)6-7-15(14)22-2/h3-10H,1-2H3,(H,19,20)/b18-10+. The monoisotopic (exact) mass is 318 g/mol. The first kappa shape index (κ1) is 15.9. The Morgan fingerprint density at radius 3 is 2.73 bits per heavy atom. The summed E-state index contributed by atoms with van der Waals surface area (Å²) in [6.45, 7) is 0. The van der Waals surface area contributed by atoms with Crippen molar-refractivity contribution in [1.82, 2.24) is 5.43 Å². The molecule has 0 saturated carbocycles. The number of carbonyl (C=O) groups is 1. The molecule has 5 nitrogen and oxygen atoms in total. The molecule has 0 aliphatic heterocycles. The first-order chi connectivity index (χ1) is 10.6. The molecule has 0 aliphatic rings. The highest BCUT2D eigenvalue weighted by atomic mass is 35.5. The number of ether oxygens (including phenoxy) is 2. The van der Waals surface area contributed by atoms with Crippen molar-refractivity contribution < 1.29 is 14.3 Å². The number of methoxy groups -OCH3 is 2. The van der Waals surface area contributed by atoms with Crippen LogP contribution >= 0.6 is 11.6 Å². The van der Waals surface area contributed by atoms with Gasteiger partial charge in [-0.3, -0.25) is 4.79 Å². The molecule has 0 spiro atoms. The lowest BCUT2D eigenvalue weighted by Gasteiger charge is -2.07. The topological polar surface area (TPSA) is 59.9 Å². The van der Waals surface area contributed by atoms with E-state index in [9.17, 15) is 4.79 Å². The molecule has 2 rings (SSSR count). The predicted molar refractivity (Wildman–Crippen MR) is 86.1 cm³/mol. The molecule has 2 aromatic rings. The number of hydrogen-bond acceptors (Lipinski definition) is 4. The van der Waals surface area contributed by atoms with Gasteiger partial charge in [0.05, 0.1) is 26.0 Å². The van der Waals surface area contributed by atoms with Crippen molar-refractivity contribution in [3.05, 3.63) is 58.6 Å². The third kappa shape index (κ3) is 3.99. The van der Waals surface area contributed by atoms with Gasteiger partial charge in [-0.1, -0.05) is 23.7 Å². The lowest BCUT2D eigenvalue weighted by molar-refractivity contribution is 0.0952. The van der Waals surface area contributed by atoms with E-state index in [0.717, 1.165) is 5.56 Å². The average Bonchev–Trinajstić information content (AvgIpc) is 2.55. The van der Waals surface area contributed by atoms with Crippen LogP contribution in [-0.4, -0.2) is 26.3 Å². The minimum atomic E-state index is -0.404. The average molecular weight is 319 g/mol. The normalized spacial score (nSPS) is 10.5. The van der Waals surface area contributed by atoms with E-state index in [1.807, 2.05) is 18.2 Å². The van der Waals surface area contributed by atoms with Crippen LogP contribution in [0.1, 0.15) is 15.9 Å². The number of nitrogens with one attached hydrogen (secondary N) is 1. The molecule has 0 atom stereocenters. The molecule has 0 heterocycles. The fraction of sp³-hybridized carbons (Fsp3) is 0.125. The minimum absolute atomic E-state index is 0.317. The fourth-order valence-electron chi connectivity index (χ4n) is 1.81. The molecule has 0 unspecified atom stereocenters. The van der Waals surface area contributed by atoms with Crippen molar-refractivity contribution in [3.8, 4) is 11.5 Å². The Bertz CT molecular complexity index is 702. The Kier molecular flexibility index (Phi) is 5.38. The summed E-state index contributed by atoms with van der Waals surface area (Å²) in [5, 5.41) is 4.37. The van der Waals surface area contributed by atoms with Crippen LogP contribution < -0.4 is 14.9 Å². The smallest absolute Gasteiger partial charge is 0.275 e. The Morgan fingerprint density at radius 1 is 1.18 bits per heavy atom. The third-order valence-corrected chi connectivity index (χ3v) is 3.11. The largest absolute Gasteiger partial charge is 0.497 e. The second-order valence-corrected chi connectivity index (χ2v) is 4.76. The quantitative estimate of drug-likeness (QED) is 0.680. The third-order valence-electron chi connectivity index (χ3n) is 2.88. The summed E-state index contributed by atoms with van der Waals surface area (Å²) in [5.74, 6) is 0.740. The second-order valence-electron chi connectivity index (χ2n) is 4.32. The van der Waals surface area contributed by atoms with Crippen LogP contribution in [0, 0.1) is 0 Å². The molecule has 2 aromatic carbocycles. The van der Waals surface area contributed by atoms with Gasteiger partial charge in [0.15, 0.2) is 0 Å². The number of hydrazone groups is 1. The maximum absolute atomic E-state index is 12.1. The fourth-order valence-corrected chi connectivity index (χ4v) is 1.98. The Morgan fingerprint density at radius 2 is 2.00 bits per heavy atom. The van der Waals surface area contributed by atoms with Gasteiger partial charge >= 0.3 is 0 Å². The SMILES string of the molecule is COc1cccc(/C=N/NC(=O)c2cc(Cl)ccc2OC)c1. The van der Waals surface area contributed by atoms with Gasteiger partial charge in [-0.25, -0.2) is 5.43 Å². The lowest BCUT2D eigenvalue weighted by atomic mass is 10.2.